The highest BCUT2D eigenvalue weighted by Crippen LogP contribution is 2.28. The molecule has 0 aliphatic heterocycles. The predicted octanol–water partition coefficient (Wildman–Crippen LogP) is 2.62. The zero-order valence-corrected chi connectivity index (χ0v) is 16.2. The number of nitrogens with zero attached hydrogens (tertiary/aromatic N) is 3. The van der Waals surface area contributed by atoms with Gasteiger partial charge in [-0.15, -0.1) is 21.5 Å². The van der Waals surface area contributed by atoms with E-state index in [4.69, 9.17) is 0 Å². The Morgan fingerprint density at radius 2 is 2.00 bits per heavy atom. The smallest absolute Gasteiger partial charge is 0.349 e. The Morgan fingerprint density at radius 3 is 2.62 bits per heavy atom. The summed E-state index contributed by atoms with van der Waals surface area (Å²) >= 11 is 2.42. The predicted molar refractivity (Wildman–Crippen MR) is 98.0 cm³/mol. The van der Waals surface area contributed by atoms with Gasteiger partial charge in [0.2, 0.25) is 0 Å². The maximum Gasteiger partial charge on any atom is 0.349 e. The molecule has 0 amide bonds. The molecule has 0 atom stereocenters. The van der Waals surface area contributed by atoms with Crippen molar-refractivity contribution in [2.45, 2.75) is 14.9 Å². The van der Waals surface area contributed by atoms with E-state index in [2.05, 4.69) is 19.7 Å². The minimum absolute atomic E-state index is 0.0365. The van der Waals surface area contributed by atoms with Gasteiger partial charge in [0, 0.05) is 17.6 Å². The normalized spacial score (nSPS) is 11.3. The van der Waals surface area contributed by atoms with Gasteiger partial charge in [-0.1, -0.05) is 0 Å². The summed E-state index contributed by atoms with van der Waals surface area (Å²) in [6.45, 7) is 0. The van der Waals surface area contributed by atoms with Crippen molar-refractivity contribution in [1.82, 2.24) is 14.8 Å². The summed E-state index contributed by atoms with van der Waals surface area (Å²) in [5.41, 5.74) is 0.384. The van der Waals surface area contributed by atoms with E-state index in [1.165, 1.54) is 30.3 Å². The molecule has 3 rings (SSSR count). The van der Waals surface area contributed by atoms with E-state index in [-0.39, 0.29) is 9.77 Å². The number of aromatic nitrogens is 3. The summed E-state index contributed by atoms with van der Waals surface area (Å²) in [7, 11) is -0.853. The van der Waals surface area contributed by atoms with E-state index in [1.54, 1.807) is 35.2 Å². The Balaban J connectivity index is 1.77. The van der Waals surface area contributed by atoms with Crippen molar-refractivity contribution < 1.29 is 17.9 Å². The lowest BCUT2D eigenvalue weighted by atomic mass is 10.3. The first-order chi connectivity index (χ1) is 12.4. The van der Waals surface area contributed by atoms with Crippen LogP contribution in [0.2, 0.25) is 0 Å². The molecule has 1 aromatic carbocycles. The Bertz CT molecular complexity index is 1030. The van der Waals surface area contributed by atoms with Crippen LogP contribution in [0.25, 0.3) is 0 Å². The second-order valence-corrected chi connectivity index (χ2v) is 8.67. The molecule has 0 spiro atoms. The molecule has 8 nitrogen and oxygen atoms in total. The van der Waals surface area contributed by atoms with Crippen molar-refractivity contribution in [3.05, 3.63) is 46.9 Å². The van der Waals surface area contributed by atoms with Gasteiger partial charge in [0.1, 0.15) is 16.1 Å². The lowest BCUT2D eigenvalue weighted by molar-refractivity contribution is 0.0602. The fraction of sp³-hybridized carbons (Fsp3) is 0.133. The first-order valence-electron chi connectivity index (χ1n) is 7.21. The third-order valence-electron chi connectivity index (χ3n) is 3.27. The fourth-order valence-corrected chi connectivity index (χ4v) is 5.18. The van der Waals surface area contributed by atoms with Crippen molar-refractivity contribution in [2.75, 3.05) is 11.8 Å². The van der Waals surface area contributed by atoms with Gasteiger partial charge in [-0.2, -0.15) is 0 Å². The van der Waals surface area contributed by atoms with Crippen LogP contribution in [-0.4, -0.2) is 36.3 Å². The van der Waals surface area contributed by atoms with E-state index in [0.29, 0.717) is 5.69 Å². The van der Waals surface area contributed by atoms with Crippen LogP contribution in [-0.2, 0) is 21.8 Å². The van der Waals surface area contributed by atoms with Crippen LogP contribution in [0, 0.1) is 0 Å². The molecule has 26 heavy (non-hydrogen) atoms. The second kappa shape index (κ2) is 7.48. The van der Waals surface area contributed by atoms with Crippen LogP contribution < -0.4 is 4.72 Å². The Morgan fingerprint density at radius 1 is 1.27 bits per heavy atom. The first kappa shape index (κ1) is 18.4. The summed E-state index contributed by atoms with van der Waals surface area (Å²) in [6.07, 6.45) is 1.60. The fourth-order valence-electron chi connectivity index (χ4n) is 2.02. The van der Waals surface area contributed by atoms with Gasteiger partial charge in [0.25, 0.3) is 10.0 Å². The average Bonchev–Trinajstić information content (AvgIpc) is 3.26. The zero-order chi connectivity index (χ0) is 18.7. The van der Waals surface area contributed by atoms with E-state index >= 15 is 0 Å². The number of benzene rings is 1. The number of aryl methyl sites for hydroxylation is 1. The SMILES string of the molecule is COC(=O)c1sccc1S(=O)(=O)Nc1ccc(Sc2nncn2C)cc1. The standard InChI is InChI=1S/C15H14N4O4S3/c1-19-9-16-17-15(19)25-11-5-3-10(4-6-11)18-26(21,22)12-7-8-24-13(12)14(20)23-2/h3-9,18H,1-2H3. The molecule has 3 aromatic rings. The third kappa shape index (κ3) is 3.89. The van der Waals surface area contributed by atoms with Crippen molar-refractivity contribution in [3.63, 3.8) is 0 Å². The maximum absolute atomic E-state index is 12.6. The number of ether oxygens (including phenoxy) is 1. The Hall–Kier alpha value is -2.37. The van der Waals surface area contributed by atoms with Gasteiger partial charge in [0.15, 0.2) is 5.16 Å². The van der Waals surface area contributed by atoms with Gasteiger partial charge in [0.05, 0.1) is 7.11 Å². The molecule has 0 saturated carbocycles. The molecule has 0 aliphatic carbocycles. The number of hydrogen-bond donors (Lipinski definition) is 1. The lowest BCUT2D eigenvalue weighted by Crippen LogP contribution is -2.15. The molecule has 0 unspecified atom stereocenters. The summed E-state index contributed by atoms with van der Waals surface area (Å²) in [6, 6.07) is 8.19. The number of anilines is 1. The van der Waals surface area contributed by atoms with Crippen molar-refractivity contribution in [2.24, 2.45) is 7.05 Å². The number of carbonyl (C=O) groups excluding carboxylic acids is 1. The molecule has 11 heteroatoms. The minimum Gasteiger partial charge on any atom is -0.465 e. The Labute approximate surface area is 158 Å². The summed E-state index contributed by atoms with van der Waals surface area (Å²) in [5, 5.41) is 10.0. The first-order valence-corrected chi connectivity index (χ1v) is 10.4. The number of nitrogens with one attached hydrogen (secondary N) is 1. The molecule has 2 aromatic heterocycles. The monoisotopic (exact) mass is 410 g/mol. The van der Waals surface area contributed by atoms with Crippen molar-refractivity contribution in [3.8, 4) is 0 Å². The van der Waals surface area contributed by atoms with Gasteiger partial charge in [-0.25, -0.2) is 13.2 Å². The summed E-state index contributed by atoms with van der Waals surface area (Å²) in [4.78, 5) is 12.5. The number of thiophene rings is 1. The van der Waals surface area contributed by atoms with E-state index in [1.807, 2.05) is 7.05 Å². The molecule has 0 bridgehead atoms. The molecule has 0 aliphatic rings. The number of hydrogen-bond acceptors (Lipinski definition) is 8. The topological polar surface area (TPSA) is 103 Å². The maximum atomic E-state index is 12.6. The molecule has 0 saturated heterocycles. The molecule has 0 fully saturated rings. The molecule has 0 radical (unpaired) electrons. The number of rotatable bonds is 6. The van der Waals surface area contributed by atoms with Gasteiger partial charge in [-0.3, -0.25) is 4.72 Å². The van der Waals surface area contributed by atoms with Gasteiger partial charge < -0.3 is 9.30 Å². The largest absolute Gasteiger partial charge is 0.465 e. The second-order valence-electron chi connectivity index (χ2n) is 5.06. The van der Waals surface area contributed by atoms with Gasteiger partial charge >= 0.3 is 5.97 Å². The molecular weight excluding hydrogens is 396 g/mol. The lowest BCUT2D eigenvalue weighted by Gasteiger charge is -2.09. The van der Waals surface area contributed by atoms with Crippen LogP contribution in [0.15, 0.2) is 57.0 Å². The van der Waals surface area contributed by atoms with Crippen molar-refractivity contribution in [1.29, 1.82) is 0 Å². The minimum atomic E-state index is -3.90. The zero-order valence-electron chi connectivity index (χ0n) is 13.7. The number of sulfonamides is 1. The highest BCUT2D eigenvalue weighted by Gasteiger charge is 2.24. The number of esters is 1. The summed E-state index contributed by atoms with van der Waals surface area (Å²) in [5.74, 6) is -0.684. The van der Waals surface area contributed by atoms with Gasteiger partial charge in [-0.05, 0) is 47.5 Å². The molecule has 1 N–H and O–H groups in total. The molecule has 136 valence electrons. The Kier molecular flexibility index (Phi) is 5.30. The average molecular weight is 411 g/mol. The molecular formula is C15H14N4O4S3. The van der Waals surface area contributed by atoms with Crippen LogP contribution in [0.4, 0.5) is 5.69 Å². The number of carbonyl (C=O) groups is 1. The number of methoxy groups -OCH3 is 1. The highest BCUT2D eigenvalue weighted by molar-refractivity contribution is 7.99. The third-order valence-corrected chi connectivity index (χ3v) is 6.78. The van der Waals surface area contributed by atoms with Crippen LogP contribution in [0.3, 0.4) is 0 Å². The molecule has 2 heterocycles. The van der Waals surface area contributed by atoms with Crippen molar-refractivity contribution >= 4 is 44.8 Å². The van der Waals surface area contributed by atoms with E-state index in [9.17, 15) is 13.2 Å². The van der Waals surface area contributed by atoms with Crippen LogP contribution >= 0.6 is 23.1 Å². The van der Waals surface area contributed by atoms with E-state index in [0.717, 1.165) is 21.4 Å². The summed E-state index contributed by atoms with van der Waals surface area (Å²) < 4.78 is 34.0. The van der Waals surface area contributed by atoms with E-state index < -0.39 is 16.0 Å². The highest BCUT2D eigenvalue weighted by atomic mass is 32.2. The quantitative estimate of drug-likeness (QED) is 0.623. The van der Waals surface area contributed by atoms with Crippen LogP contribution in [0.1, 0.15) is 9.67 Å². The van der Waals surface area contributed by atoms with Crippen LogP contribution in [0.5, 0.6) is 0 Å².